The topological polar surface area (TPSA) is 3.24 Å². The maximum atomic E-state index is 13.8. The molecule has 2 nitrogen and oxygen atoms in total. The second kappa shape index (κ2) is 12.8. The summed E-state index contributed by atoms with van der Waals surface area (Å²) in [7, 11) is 0. The van der Waals surface area contributed by atoms with Crippen LogP contribution in [0.2, 0.25) is 0 Å². The van der Waals surface area contributed by atoms with Gasteiger partial charge in [0.25, 0.3) is 0 Å². The number of hydrogen-bond acceptors (Lipinski definition) is 1. The predicted octanol–water partition coefficient (Wildman–Crippen LogP) is 7.61. The number of halogens is 2. The third-order valence-electron chi connectivity index (χ3n) is 7.66. The van der Waals surface area contributed by atoms with Gasteiger partial charge >= 0.3 is 0 Å². The molecule has 0 N–H and O–H groups in total. The molecule has 39 heavy (non-hydrogen) atoms. The number of nitrogens with zero attached hydrogens (tertiary/aromatic N) is 2. The summed E-state index contributed by atoms with van der Waals surface area (Å²) in [5.41, 5.74) is 4.47. The number of rotatable bonds is 9. The first-order valence-corrected chi connectivity index (χ1v) is 13.6. The lowest BCUT2D eigenvalue weighted by Crippen LogP contribution is -2.60. The Morgan fingerprint density at radius 2 is 1.00 bits per heavy atom. The zero-order valence-corrected chi connectivity index (χ0v) is 22.2. The molecule has 1 aliphatic rings. The first-order chi connectivity index (χ1) is 19.1. The van der Waals surface area contributed by atoms with Crippen LogP contribution in [0.3, 0.4) is 0 Å². The highest BCUT2D eigenvalue weighted by Crippen LogP contribution is 2.31. The van der Waals surface area contributed by atoms with E-state index in [9.17, 15) is 8.78 Å². The summed E-state index contributed by atoms with van der Waals surface area (Å²) in [6.45, 7) is 5.63. The Hall–Kier alpha value is -3.86. The highest BCUT2D eigenvalue weighted by Gasteiger charge is 2.35. The van der Waals surface area contributed by atoms with Crippen molar-refractivity contribution in [3.8, 4) is 0 Å². The van der Waals surface area contributed by atoms with Crippen molar-refractivity contribution in [3.63, 3.8) is 0 Å². The molecular weight excluding hydrogens is 486 g/mol. The zero-order chi connectivity index (χ0) is 26.9. The molecule has 0 unspecified atom stereocenters. The van der Waals surface area contributed by atoms with Gasteiger partial charge in [0.05, 0.1) is 32.2 Å². The van der Waals surface area contributed by atoms with Crippen molar-refractivity contribution < 1.29 is 13.3 Å². The molecule has 1 heterocycles. The van der Waals surface area contributed by atoms with Crippen molar-refractivity contribution in [2.75, 3.05) is 39.3 Å². The standard InChI is InChI=1S/C35H35F2N2/c36-33-19-15-31(16-20-33)35(32-17-21-34(37)22-18-32)38-23-27-39(28-24-38,25-7-13-29-9-3-1-4-10-29)26-8-14-30-11-5-2-6-12-30/h1-22,35H,23-28H2/q+1. The molecule has 0 atom stereocenters. The van der Waals surface area contributed by atoms with Crippen molar-refractivity contribution in [3.05, 3.63) is 155 Å². The van der Waals surface area contributed by atoms with Gasteiger partial charge in [-0.3, -0.25) is 4.90 Å². The minimum absolute atomic E-state index is 0.0480. The molecular formula is C35H35F2N2+. The van der Waals surface area contributed by atoms with Crippen LogP contribution in [0.4, 0.5) is 8.78 Å². The lowest BCUT2D eigenvalue weighted by atomic mass is 9.96. The minimum Gasteiger partial charge on any atom is -0.315 e. The summed E-state index contributed by atoms with van der Waals surface area (Å²) >= 11 is 0. The molecule has 0 bridgehead atoms. The molecule has 0 aliphatic carbocycles. The second-order valence-electron chi connectivity index (χ2n) is 10.3. The number of benzene rings is 4. The van der Waals surface area contributed by atoms with Gasteiger partial charge in [0, 0.05) is 13.1 Å². The fourth-order valence-corrected chi connectivity index (χ4v) is 5.46. The van der Waals surface area contributed by atoms with Crippen LogP contribution in [-0.2, 0) is 0 Å². The van der Waals surface area contributed by atoms with Gasteiger partial charge in [-0.1, -0.05) is 97.1 Å². The van der Waals surface area contributed by atoms with Crippen molar-refractivity contribution in [2.24, 2.45) is 0 Å². The largest absolute Gasteiger partial charge is 0.315 e. The Morgan fingerprint density at radius 1 is 0.590 bits per heavy atom. The van der Waals surface area contributed by atoms with Gasteiger partial charge in [0.1, 0.15) is 11.6 Å². The molecule has 0 aromatic heterocycles. The molecule has 4 heteroatoms. The fourth-order valence-electron chi connectivity index (χ4n) is 5.46. The van der Waals surface area contributed by atoms with E-state index in [4.69, 9.17) is 0 Å². The third-order valence-corrected chi connectivity index (χ3v) is 7.66. The smallest absolute Gasteiger partial charge is 0.123 e. The summed E-state index contributed by atoms with van der Waals surface area (Å²) in [4.78, 5) is 2.46. The molecule has 4 aromatic rings. The Bertz CT molecular complexity index is 1260. The van der Waals surface area contributed by atoms with Crippen molar-refractivity contribution in [1.82, 2.24) is 4.90 Å². The summed E-state index contributed by atoms with van der Waals surface area (Å²) < 4.78 is 28.5. The van der Waals surface area contributed by atoms with E-state index in [2.05, 4.69) is 77.7 Å². The lowest BCUT2D eigenvalue weighted by molar-refractivity contribution is -0.921. The number of piperazine rings is 1. The molecule has 1 aliphatic heterocycles. The highest BCUT2D eigenvalue weighted by molar-refractivity contribution is 5.49. The van der Waals surface area contributed by atoms with Crippen LogP contribution in [-0.4, -0.2) is 48.7 Å². The summed E-state index contributed by atoms with van der Waals surface area (Å²) in [5.74, 6) is -0.498. The van der Waals surface area contributed by atoms with Crippen LogP contribution in [0.25, 0.3) is 12.2 Å². The molecule has 0 amide bonds. The van der Waals surface area contributed by atoms with E-state index < -0.39 is 0 Å². The van der Waals surface area contributed by atoms with Gasteiger partial charge in [0.15, 0.2) is 0 Å². The van der Waals surface area contributed by atoms with E-state index in [1.54, 1.807) is 0 Å². The minimum atomic E-state index is -0.249. The maximum Gasteiger partial charge on any atom is 0.123 e. The summed E-state index contributed by atoms with van der Waals surface area (Å²) in [5, 5.41) is 0. The maximum absolute atomic E-state index is 13.8. The van der Waals surface area contributed by atoms with Crippen LogP contribution in [0.1, 0.15) is 28.3 Å². The summed E-state index contributed by atoms with van der Waals surface area (Å²) in [6.07, 6.45) is 9.04. The average Bonchev–Trinajstić information content (AvgIpc) is 2.97. The first-order valence-electron chi connectivity index (χ1n) is 13.6. The van der Waals surface area contributed by atoms with Gasteiger partial charge in [-0.25, -0.2) is 8.78 Å². The Morgan fingerprint density at radius 3 is 1.41 bits per heavy atom. The van der Waals surface area contributed by atoms with Crippen LogP contribution in [0.15, 0.2) is 121 Å². The Kier molecular flexibility index (Phi) is 8.77. The number of quaternary nitrogens is 1. The van der Waals surface area contributed by atoms with E-state index >= 15 is 0 Å². The first kappa shape index (κ1) is 26.7. The van der Waals surface area contributed by atoms with E-state index in [0.29, 0.717) is 0 Å². The van der Waals surface area contributed by atoms with E-state index in [-0.39, 0.29) is 17.7 Å². The normalized spacial score (nSPS) is 15.9. The van der Waals surface area contributed by atoms with Crippen LogP contribution < -0.4 is 0 Å². The average molecular weight is 522 g/mol. The van der Waals surface area contributed by atoms with Crippen LogP contribution >= 0.6 is 0 Å². The number of hydrogen-bond donors (Lipinski definition) is 0. The van der Waals surface area contributed by atoms with Gasteiger partial charge in [-0.05, 0) is 58.7 Å². The molecule has 1 saturated heterocycles. The third kappa shape index (κ3) is 7.17. The molecule has 0 radical (unpaired) electrons. The van der Waals surface area contributed by atoms with Crippen molar-refractivity contribution in [1.29, 1.82) is 0 Å². The Balaban J connectivity index is 1.36. The molecule has 0 saturated carbocycles. The van der Waals surface area contributed by atoms with Crippen molar-refractivity contribution in [2.45, 2.75) is 6.04 Å². The van der Waals surface area contributed by atoms with Gasteiger partial charge in [-0.2, -0.15) is 0 Å². The molecule has 1 fully saturated rings. The van der Waals surface area contributed by atoms with Crippen LogP contribution in [0.5, 0.6) is 0 Å². The van der Waals surface area contributed by atoms with E-state index in [1.807, 2.05) is 36.4 Å². The summed E-state index contributed by atoms with van der Waals surface area (Å²) in [6, 6.07) is 34.3. The SMILES string of the molecule is Fc1ccc(C(c2ccc(F)cc2)N2CC[N+](CC=Cc3ccccc3)(CC=Cc3ccccc3)CC2)cc1. The highest BCUT2D eigenvalue weighted by atomic mass is 19.1. The fraction of sp³-hybridized carbons (Fsp3) is 0.200. The van der Waals surface area contributed by atoms with Gasteiger partial charge in [-0.15, -0.1) is 0 Å². The van der Waals surface area contributed by atoms with Gasteiger partial charge in [0.2, 0.25) is 0 Å². The quantitative estimate of drug-likeness (QED) is 0.205. The Labute approximate surface area is 230 Å². The molecule has 198 valence electrons. The molecule has 5 rings (SSSR count). The van der Waals surface area contributed by atoms with Crippen molar-refractivity contribution >= 4 is 12.2 Å². The van der Waals surface area contributed by atoms with Crippen LogP contribution in [0, 0.1) is 11.6 Å². The molecule has 4 aromatic carbocycles. The zero-order valence-electron chi connectivity index (χ0n) is 22.2. The predicted molar refractivity (Wildman–Crippen MR) is 157 cm³/mol. The van der Waals surface area contributed by atoms with E-state index in [1.165, 1.54) is 35.4 Å². The molecule has 0 spiro atoms. The van der Waals surface area contributed by atoms with E-state index in [0.717, 1.165) is 54.9 Å². The lowest BCUT2D eigenvalue weighted by Gasteiger charge is -2.46. The van der Waals surface area contributed by atoms with Gasteiger partial charge < -0.3 is 4.48 Å². The second-order valence-corrected chi connectivity index (χ2v) is 10.3. The monoisotopic (exact) mass is 521 g/mol.